The highest BCUT2D eigenvalue weighted by Crippen LogP contribution is 2.35. The minimum absolute atomic E-state index is 0.000789. The van der Waals surface area contributed by atoms with Crippen molar-refractivity contribution < 1.29 is 45.8 Å². The minimum Gasteiger partial charge on any atom is -0.506 e. The zero-order valence-corrected chi connectivity index (χ0v) is 28.8. The van der Waals surface area contributed by atoms with Crippen molar-refractivity contribution in [1.29, 1.82) is 0 Å². The number of aromatic hydroxyl groups is 1. The monoisotopic (exact) mass is 750 g/mol. The van der Waals surface area contributed by atoms with E-state index in [9.17, 15) is 35.9 Å². The average Bonchev–Trinajstić information content (AvgIpc) is 3.04. The zero-order valence-electron chi connectivity index (χ0n) is 26.6. The first-order valence-electron chi connectivity index (χ1n) is 14.4. The molecule has 0 saturated carbocycles. The SMILES string of the molecule is CCc1cc(CCl)nc(C(C)=O)c1.CCc1cc(COc2ccc(C(F)(F)F)cc2Cl)nc(C(C)=O)c1.Oc1ccc(C(F)(F)F)cc1Cl. The minimum atomic E-state index is -4.46. The van der Waals surface area contributed by atoms with Gasteiger partial charge in [-0.3, -0.25) is 9.59 Å². The van der Waals surface area contributed by atoms with Crippen molar-refractivity contribution in [3.8, 4) is 11.5 Å². The lowest BCUT2D eigenvalue weighted by Crippen LogP contribution is -2.07. The summed E-state index contributed by atoms with van der Waals surface area (Å²) in [5.41, 5.74) is 2.43. The number of aromatic nitrogens is 2. The maximum Gasteiger partial charge on any atom is 0.416 e. The number of nitrogens with zero attached hydrogens (tertiary/aromatic N) is 2. The number of aryl methyl sites for hydroxylation is 2. The maximum atomic E-state index is 12.6. The molecule has 264 valence electrons. The number of hydrogen-bond acceptors (Lipinski definition) is 6. The molecule has 4 aromatic rings. The normalized spacial score (nSPS) is 11.1. The molecular weight excluding hydrogens is 721 g/mol. The molecule has 0 aliphatic rings. The standard InChI is InChI=1S/C17H15ClF3NO2.C10H12ClNO.C7H4ClF3O/c1-3-11-6-13(22-15(7-11)10(2)23)9-24-16-5-4-12(8-14(16)18)17(19,20)21;1-3-8-4-9(6-11)12-10(5-8)7(2)13;8-5-3-4(7(9,10)11)1-2-6(5)12/h4-8H,3,9H2,1-2H3;4-5H,3,6H2,1-2H3;1-3,12H. The van der Waals surface area contributed by atoms with Gasteiger partial charge in [-0.2, -0.15) is 26.3 Å². The number of hydrogen-bond donors (Lipinski definition) is 1. The number of phenolic OH excluding ortho intramolecular Hbond substituents is 1. The van der Waals surface area contributed by atoms with Gasteiger partial charge < -0.3 is 9.84 Å². The van der Waals surface area contributed by atoms with Gasteiger partial charge in [-0.25, -0.2) is 9.97 Å². The molecule has 2 aromatic carbocycles. The van der Waals surface area contributed by atoms with Gasteiger partial charge in [-0.05, 0) is 84.6 Å². The van der Waals surface area contributed by atoms with Gasteiger partial charge in [0.2, 0.25) is 0 Å². The second kappa shape index (κ2) is 18.2. The number of Topliss-reactive ketones (excluding diaryl/α,β-unsaturated/α-hetero) is 2. The Balaban J connectivity index is 0.000000281. The van der Waals surface area contributed by atoms with Gasteiger partial charge in [0.05, 0.1) is 38.4 Å². The van der Waals surface area contributed by atoms with Crippen LogP contribution in [0.5, 0.6) is 11.5 Å². The number of pyridine rings is 2. The molecule has 0 radical (unpaired) electrons. The maximum absolute atomic E-state index is 12.6. The van der Waals surface area contributed by atoms with E-state index in [-0.39, 0.29) is 39.7 Å². The molecule has 0 atom stereocenters. The predicted molar refractivity (Wildman–Crippen MR) is 176 cm³/mol. The topological polar surface area (TPSA) is 89.4 Å². The molecule has 0 aliphatic carbocycles. The molecular formula is C34H31Cl3F6N2O4. The molecule has 0 unspecified atom stereocenters. The van der Waals surface area contributed by atoms with Gasteiger partial charge in [0, 0.05) is 13.8 Å². The van der Waals surface area contributed by atoms with Crippen molar-refractivity contribution in [3.63, 3.8) is 0 Å². The third-order valence-corrected chi connectivity index (χ3v) is 7.33. The fourth-order valence-electron chi connectivity index (χ4n) is 3.84. The lowest BCUT2D eigenvalue weighted by Gasteiger charge is -2.12. The number of rotatable bonds is 8. The quantitative estimate of drug-likeness (QED) is 0.110. The van der Waals surface area contributed by atoms with Crippen LogP contribution < -0.4 is 4.74 Å². The number of ether oxygens (including phenoxy) is 1. The molecule has 2 heterocycles. The zero-order chi connectivity index (χ0) is 37.1. The number of carbonyl (C=O) groups excluding carboxylic acids is 2. The van der Waals surface area contributed by atoms with E-state index in [0.717, 1.165) is 53.9 Å². The summed E-state index contributed by atoms with van der Waals surface area (Å²) in [7, 11) is 0. The Labute approximate surface area is 294 Å². The Morgan fingerprint density at radius 2 is 1.16 bits per heavy atom. The van der Waals surface area contributed by atoms with Crippen LogP contribution >= 0.6 is 34.8 Å². The van der Waals surface area contributed by atoms with Gasteiger partial charge in [-0.15, -0.1) is 11.6 Å². The van der Waals surface area contributed by atoms with Gasteiger partial charge in [0.15, 0.2) is 11.6 Å². The summed E-state index contributed by atoms with van der Waals surface area (Å²) in [6, 6.07) is 12.5. The largest absolute Gasteiger partial charge is 0.506 e. The Morgan fingerprint density at radius 1 is 0.714 bits per heavy atom. The molecule has 49 heavy (non-hydrogen) atoms. The fourth-order valence-corrected chi connectivity index (χ4v) is 4.39. The summed E-state index contributed by atoms with van der Waals surface area (Å²) < 4.78 is 79.2. The van der Waals surface area contributed by atoms with Crippen molar-refractivity contribution >= 4 is 46.4 Å². The molecule has 6 nitrogen and oxygen atoms in total. The van der Waals surface area contributed by atoms with Crippen LogP contribution in [0, 0.1) is 0 Å². The number of benzene rings is 2. The van der Waals surface area contributed by atoms with Crippen molar-refractivity contribution in [2.45, 2.75) is 65.4 Å². The summed E-state index contributed by atoms with van der Waals surface area (Å²) in [5, 5.41) is 8.37. The fraction of sp³-hybridized carbons (Fsp3) is 0.294. The molecule has 0 saturated heterocycles. The van der Waals surface area contributed by atoms with Crippen LogP contribution in [-0.2, 0) is 37.7 Å². The smallest absolute Gasteiger partial charge is 0.416 e. The van der Waals surface area contributed by atoms with Gasteiger partial charge in [0.25, 0.3) is 0 Å². The van der Waals surface area contributed by atoms with E-state index in [4.69, 9.17) is 44.6 Å². The first-order chi connectivity index (χ1) is 22.8. The number of alkyl halides is 7. The molecule has 0 aliphatic heterocycles. The van der Waals surface area contributed by atoms with E-state index in [2.05, 4.69) is 9.97 Å². The van der Waals surface area contributed by atoms with Crippen LogP contribution in [0.4, 0.5) is 26.3 Å². The van der Waals surface area contributed by atoms with E-state index in [0.29, 0.717) is 29.0 Å². The van der Waals surface area contributed by atoms with Gasteiger partial charge >= 0.3 is 12.4 Å². The highest BCUT2D eigenvalue weighted by atomic mass is 35.5. The van der Waals surface area contributed by atoms with E-state index in [1.54, 1.807) is 12.1 Å². The van der Waals surface area contributed by atoms with Crippen LogP contribution in [0.15, 0.2) is 60.7 Å². The third-order valence-electron chi connectivity index (χ3n) is 6.46. The van der Waals surface area contributed by atoms with Crippen LogP contribution in [0.2, 0.25) is 10.0 Å². The second-order valence-electron chi connectivity index (χ2n) is 10.3. The lowest BCUT2D eigenvalue weighted by atomic mass is 10.1. The second-order valence-corrected chi connectivity index (χ2v) is 11.3. The Bertz CT molecular complexity index is 1740. The highest BCUT2D eigenvalue weighted by Gasteiger charge is 2.31. The van der Waals surface area contributed by atoms with E-state index >= 15 is 0 Å². The van der Waals surface area contributed by atoms with Crippen molar-refractivity contribution in [2.24, 2.45) is 0 Å². The summed E-state index contributed by atoms with van der Waals surface area (Å²) >= 11 is 16.8. The lowest BCUT2D eigenvalue weighted by molar-refractivity contribution is -0.138. The Morgan fingerprint density at radius 3 is 1.57 bits per heavy atom. The number of halogens is 9. The van der Waals surface area contributed by atoms with Gasteiger partial charge in [0.1, 0.15) is 29.5 Å². The van der Waals surface area contributed by atoms with Gasteiger partial charge in [-0.1, -0.05) is 37.0 Å². The summed E-state index contributed by atoms with van der Waals surface area (Å²) in [6.07, 6.45) is -7.27. The molecule has 4 rings (SSSR count). The predicted octanol–water partition coefficient (Wildman–Crippen LogP) is 10.7. The van der Waals surface area contributed by atoms with Crippen LogP contribution in [0.1, 0.15) is 82.3 Å². The Kier molecular flexibility index (Phi) is 15.4. The number of ketones is 2. The van der Waals surface area contributed by atoms with Crippen LogP contribution in [0.3, 0.4) is 0 Å². The summed E-state index contributed by atoms with van der Waals surface area (Å²) in [6.45, 7) is 6.91. The molecule has 1 N–H and O–H groups in total. The molecule has 0 fully saturated rings. The Hall–Kier alpha value is -3.87. The first kappa shape index (κ1) is 41.3. The molecule has 2 aromatic heterocycles. The molecule has 0 amide bonds. The van der Waals surface area contributed by atoms with E-state index in [1.165, 1.54) is 19.9 Å². The van der Waals surface area contributed by atoms with Crippen LogP contribution in [0.25, 0.3) is 0 Å². The van der Waals surface area contributed by atoms with Crippen molar-refractivity contribution in [2.75, 3.05) is 0 Å². The third kappa shape index (κ3) is 13.2. The average molecular weight is 752 g/mol. The van der Waals surface area contributed by atoms with Crippen molar-refractivity contribution in [1.82, 2.24) is 9.97 Å². The summed E-state index contributed by atoms with van der Waals surface area (Å²) in [5.74, 6) is -0.0584. The van der Waals surface area contributed by atoms with Crippen LogP contribution in [-0.4, -0.2) is 26.6 Å². The van der Waals surface area contributed by atoms with Crippen molar-refractivity contribution in [3.05, 3.63) is 116 Å². The first-order valence-corrected chi connectivity index (χ1v) is 15.7. The highest BCUT2D eigenvalue weighted by molar-refractivity contribution is 6.32. The molecule has 15 heteroatoms. The number of phenols is 1. The molecule has 0 bridgehead atoms. The van der Waals surface area contributed by atoms with E-state index < -0.39 is 23.5 Å². The summed E-state index contributed by atoms with van der Waals surface area (Å²) in [4.78, 5) is 30.9. The number of carbonyl (C=O) groups is 2. The molecule has 0 spiro atoms. The van der Waals surface area contributed by atoms with E-state index in [1.807, 2.05) is 26.0 Å².